The Morgan fingerprint density at radius 3 is 2.96 bits per heavy atom. The van der Waals surface area contributed by atoms with E-state index in [0.29, 0.717) is 6.54 Å². The Morgan fingerprint density at radius 2 is 2.00 bits per heavy atom. The largest absolute Gasteiger partial charge is 0.454 e. The number of benzene rings is 2. The Labute approximate surface area is 133 Å². The zero-order valence-corrected chi connectivity index (χ0v) is 12.5. The highest BCUT2D eigenvalue weighted by atomic mass is 16.7. The number of Topliss-reactive ketones (excluding diaryl/α,β-unsaturated/α-hetero) is 1. The number of ketones is 1. The minimum atomic E-state index is 0.0724. The lowest BCUT2D eigenvalue weighted by Gasteiger charge is -2.05. The molecule has 2 aromatic carbocycles. The average molecular weight is 308 g/mol. The van der Waals surface area contributed by atoms with Crippen LogP contribution in [0, 0.1) is 0 Å². The van der Waals surface area contributed by atoms with Crippen molar-refractivity contribution in [2.45, 2.75) is 6.54 Å². The van der Waals surface area contributed by atoms with Gasteiger partial charge in [-0.15, -0.1) is 0 Å². The van der Waals surface area contributed by atoms with E-state index in [1.807, 2.05) is 42.5 Å². The van der Waals surface area contributed by atoms with Gasteiger partial charge < -0.3 is 19.8 Å². The van der Waals surface area contributed by atoms with E-state index in [0.717, 1.165) is 33.5 Å². The number of para-hydroxylation sites is 1. The highest BCUT2D eigenvalue weighted by Gasteiger charge is 2.14. The lowest BCUT2D eigenvalue weighted by molar-refractivity contribution is 0.0992. The maximum absolute atomic E-state index is 12.4. The summed E-state index contributed by atoms with van der Waals surface area (Å²) >= 11 is 0. The van der Waals surface area contributed by atoms with Crippen LogP contribution in [0.1, 0.15) is 15.9 Å². The molecule has 0 aliphatic carbocycles. The van der Waals surface area contributed by atoms with Crippen LogP contribution >= 0.6 is 0 Å². The molecule has 0 unspecified atom stereocenters. The molecule has 2 heterocycles. The van der Waals surface area contributed by atoms with Gasteiger partial charge in [-0.1, -0.05) is 24.3 Å². The van der Waals surface area contributed by atoms with Crippen LogP contribution in [0.3, 0.4) is 0 Å². The van der Waals surface area contributed by atoms with Crippen LogP contribution in [0.2, 0.25) is 0 Å². The third-order valence-corrected chi connectivity index (χ3v) is 3.94. The molecule has 1 aliphatic rings. The first-order valence-electron chi connectivity index (χ1n) is 7.50. The molecule has 0 amide bonds. The van der Waals surface area contributed by atoms with Gasteiger partial charge in [0.15, 0.2) is 17.3 Å². The van der Waals surface area contributed by atoms with Crippen molar-refractivity contribution in [1.29, 1.82) is 0 Å². The number of hydrogen-bond donors (Lipinski definition) is 2. The molecular formula is C18H16N2O3. The smallest absolute Gasteiger partial charge is 0.231 e. The van der Waals surface area contributed by atoms with Crippen LogP contribution in [-0.2, 0) is 6.54 Å². The Balaban J connectivity index is 1.40. The second kappa shape index (κ2) is 5.78. The first-order valence-corrected chi connectivity index (χ1v) is 7.50. The molecule has 0 saturated heterocycles. The van der Waals surface area contributed by atoms with E-state index in [2.05, 4.69) is 10.3 Å². The number of ether oxygens (including phenoxy) is 2. The van der Waals surface area contributed by atoms with E-state index in [1.54, 1.807) is 6.20 Å². The second-order valence-corrected chi connectivity index (χ2v) is 5.46. The van der Waals surface area contributed by atoms with Gasteiger partial charge in [0.05, 0.1) is 6.54 Å². The maximum Gasteiger partial charge on any atom is 0.231 e. The summed E-state index contributed by atoms with van der Waals surface area (Å²) in [5.74, 6) is 1.60. The zero-order valence-electron chi connectivity index (χ0n) is 12.5. The first-order chi connectivity index (χ1) is 11.3. The van der Waals surface area contributed by atoms with Gasteiger partial charge in [0.1, 0.15) is 0 Å². The van der Waals surface area contributed by atoms with E-state index >= 15 is 0 Å². The van der Waals surface area contributed by atoms with Gasteiger partial charge in [-0.25, -0.2) is 0 Å². The number of nitrogens with one attached hydrogen (secondary N) is 2. The Hall–Kier alpha value is -2.79. The number of fused-ring (bicyclic) bond motifs is 2. The van der Waals surface area contributed by atoms with Gasteiger partial charge in [0, 0.05) is 29.2 Å². The van der Waals surface area contributed by atoms with Gasteiger partial charge in [-0.3, -0.25) is 4.79 Å². The minimum absolute atomic E-state index is 0.0724. The number of carbonyl (C=O) groups excluding carboxylic acids is 1. The predicted octanol–water partition coefficient (Wildman–Crippen LogP) is 2.87. The van der Waals surface area contributed by atoms with Crippen molar-refractivity contribution in [3.8, 4) is 11.5 Å². The summed E-state index contributed by atoms with van der Waals surface area (Å²) in [6, 6.07) is 13.6. The number of aromatic nitrogens is 1. The molecule has 2 N–H and O–H groups in total. The number of rotatable bonds is 5. The lowest BCUT2D eigenvalue weighted by atomic mass is 10.1. The zero-order chi connectivity index (χ0) is 15.6. The van der Waals surface area contributed by atoms with Gasteiger partial charge in [-0.2, -0.15) is 0 Å². The normalized spacial score (nSPS) is 12.7. The summed E-state index contributed by atoms with van der Waals surface area (Å²) < 4.78 is 10.6. The van der Waals surface area contributed by atoms with E-state index in [9.17, 15) is 4.79 Å². The predicted molar refractivity (Wildman–Crippen MR) is 86.9 cm³/mol. The molecule has 0 saturated carbocycles. The molecular weight excluding hydrogens is 292 g/mol. The van der Waals surface area contributed by atoms with Crippen molar-refractivity contribution in [1.82, 2.24) is 10.3 Å². The summed E-state index contributed by atoms with van der Waals surface area (Å²) in [4.78, 5) is 15.5. The van der Waals surface area contributed by atoms with Crippen LogP contribution in [-0.4, -0.2) is 24.1 Å². The fourth-order valence-electron chi connectivity index (χ4n) is 2.77. The van der Waals surface area contributed by atoms with Crippen LogP contribution in [0.5, 0.6) is 11.5 Å². The highest BCUT2D eigenvalue weighted by molar-refractivity contribution is 6.08. The van der Waals surface area contributed by atoms with Gasteiger partial charge in [0.25, 0.3) is 0 Å². The molecule has 0 spiro atoms. The topological polar surface area (TPSA) is 63.4 Å². The Bertz CT molecular complexity index is 870. The molecule has 0 atom stereocenters. The van der Waals surface area contributed by atoms with Gasteiger partial charge >= 0.3 is 0 Å². The third-order valence-electron chi connectivity index (χ3n) is 3.94. The molecule has 5 nitrogen and oxygen atoms in total. The third kappa shape index (κ3) is 2.66. The molecule has 4 rings (SSSR count). The molecule has 1 aromatic heterocycles. The standard InChI is InChI=1S/C18H16N2O3/c21-16(14-9-20-15-4-2-1-3-13(14)15)10-19-8-12-5-6-17-18(7-12)23-11-22-17/h1-7,9,19-20H,8,10-11H2. The summed E-state index contributed by atoms with van der Waals surface area (Å²) in [5, 5.41) is 4.15. The van der Waals surface area contributed by atoms with Gasteiger partial charge in [0.2, 0.25) is 6.79 Å². The summed E-state index contributed by atoms with van der Waals surface area (Å²) in [6.07, 6.45) is 1.77. The van der Waals surface area contributed by atoms with E-state index in [-0.39, 0.29) is 19.1 Å². The summed E-state index contributed by atoms with van der Waals surface area (Å²) in [5.41, 5.74) is 2.76. The van der Waals surface area contributed by atoms with Crippen LogP contribution in [0.15, 0.2) is 48.7 Å². The maximum atomic E-state index is 12.4. The molecule has 1 aliphatic heterocycles. The van der Waals surface area contributed by atoms with Crippen molar-refractivity contribution >= 4 is 16.7 Å². The van der Waals surface area contributed by atoms with Gasteiger partial charge in [-0.05, 0) is 23.8 Å². The highest BCUT2D eigenvalue weighted by Crippen LogP contribution is 2.32. The van der Waals surface area contributed by atoms with Crippen LogP contribution < -0.4 is 14.8 Å². The Morgan fingerprint density at radius 1 is 1.13 bits per heavy atom. The second-order valence-electron chi connectivity index (χ2n) is 5.46. The summed E-state index contributed by atoms with van der Waals surface area (Å²) in [6.45, 7) is 1.16. The minimum Gasteiger partial charge on any atom is -0.454 e. The molecule has 116 valence electrons. The first kappa shape index (κ1) is 13.8. The van der Waals surface area contributed by atoms with Crippen LogP contribution in [0.25, 0.3) is 10.9 Å². The monoisotopic (exact) mass is 308 g/mol. The van der Waals surface area contributed by atoms with Crippen molar-refractivity contribution in [3.05, 3.63) is 59.8 Å². The SMILES string of the molecule is O=C(CNCc1ccc2c(c1)OCO2)c1c[nH]c2ccccc12. The Kier molecular flexibility index (Phi) is 3.48. The molecule has 0 fully saturated rings. The fraction of sp³-hybridized carbons (Fsp3) is 0.167. The summed E-state index contributed by atoms with van der Waals surface area (Å²) in [7, 11) is 0. The van der Waals surface area contributed by atoms with Crippen molar-refractivity contribution in [3.63, 3.8) is 0 Å². The fourth-order valence-corrected chi connectivity index (χ4v) is 2.77. The molecule has 5 heteroatoms. The van der Waals surface area contributed by atoms with Crippen molar-refractivity contribution in [2.75, 3.05) is 13.3 Å². The molecule has 23 heavy (non-hydrogen) atoms. The lowest BCUT2D eigenvalue weighted by Crippen LogP contribution is -2.22. The van der Waals surface area contributed by atoms with E-state index in [4.69, 9.17) is 9.47 Å². The van der Waals surface area contributed by atoms with E-state index < -0.39 is 0 Å². The van der Waals surface area contributed by atoms with Crippen molar-refractivity contribution < 1.29 is 14.3 Å². The van der Waals surface area contributed by atoms with Crippen molar-refractivity contribution in [2.24, 2.45) is 0 Å². The number of carbonyl (C=O) groups is 1. The molecule has 0 radical (unpaired) electrons. The van der Waals surface area contributed by atoms with Crippen LogP contribution in [0.4, 0.5) is 0 Å². The quantitative estimate of drug-likeness (QED) is 0.711. The molecule has 0 bridgehead atoms. The number of aromatic amines is 1. The molecule has 3 aromatic rings. The number of H-pyrrole nitrogens is 1. The van der Waals surface area contributed by atoms with E-state index in [1.165, 1.54) is 0 Å². The average Bonchev–Trinajstić information content (AvgIpc) is 3.21. The number of hydrogen-bond acceptors (Lipinski definition) is 4.